The molecule has 0 bridgehead atoms. The summed E-state index contributed by atoms with van der Waals surface area (Å²) in [5.41, 5.74) is 3.25. The van der Waals surface area contributed by atoms with Gasteiger partial charge in [-0.2, -0.15) is 5.10 Å². The van der Waals surface area contributed by atoms with Crippen molar-refractivity contribution in [2.24, 2.45) is 7.05 Å². The Morgan fingerprint density at radius 3 is 2.77 bits per heavy atom. The van der Waals surface area contributed by atoms with Crippen LogP contribution in [0.4, 0.5) is 5.82 Å². The predicted molar refractivity (Wildman–Crippen MR) is 98.8 cm³/mol. The molecule has 3 aromatic rings. The summed E-state index contributed by atoms with van der Waals surface area (Å²) in [4.78, 5) is 21.6. The lowest BCUT2D eigenvalue weighted by atomic mass is 10.0. The normalized spacial score (nSPS) is 14.5. The van der Waals surface area contributed by atoms with E-state index in [1.54, 1.807) is 4.68 Å². The third-order valence-electron chi connectivity index (χ3n) is 4.49. The Morgan fingerprint density at radius 2 is 2.04 bits per heavy atom. The van der Waals surface area contributed by atoms with E-state index in [0.29, 0.717) is 30.3 Å². The zero-order valence-electron chi connectivity index (χ0n) is 14.7. The van der Waals surface area contributed by atoms with Crippen LogP contribution in [0.1, 0.15) is 34.6 Å². The summed E-state index contributed by atoms with van der Waals surface area (Å²) >= 11 is 0. The van der Waals surface area contributed by atoms with Crippen LogP contribution < -0.4 is 10.6 Å². The maximum Gasteiger partial charge on any atom is 0.270 e. The molecule has 0 saturated heterocycles. The van der Waals surface area contributed by atoms with E-state index < -0.39 is 0 Å². The van der Waals surface area contributed by atoms with Gasteiger partial charge in [-0.15, -0.1) is 0 Å². The van der Waals surface area contributed by atoms with Crippen molar-refractivity contribution in [3.8, 4) is 11.4 Å². The van der Waals surface area contributed by atoms with Gasteiger partial charge in [-0.3, -0.25) is 9.48 Å². The molecule has 1 aliphatic heterocycles. The predicted octanol–water partition coefficient (Wildman–Crippen LogP) is 2.34. The van der Waals surface area contributed by atoms with Crippen molar-refractivity contribution in [1.29, 1.82) is 0 Å². The number of hydrogen-bond donors (Lipinski definition) is 2. The van der Waals surface area contributed by atoms with Gasteiger partial charge in [0.2, 0.25) is 0 Å². The first-order valence-corrected chi connectivity index (χ1v) is 8.61. The van der Waals surface area contributed by atoms with Crippen LogP contribution in [0, 0.1) is 0 Å². The standard InChI is InChI=1S/C19H20N6O/c1-12(14-10-21-25(2)11-14)22-18-15-8-9-20-19(26)16(15)23-17(24-18)13-6-4-3-5-7-13/h3-7,10-12H,8-9H2,1-2H3,(H,20,26)(H,22,23,24). The number of aryl methyl sites for hydroxylation is 1. The van der Waals surface area contributed by atoms with Gasteiger partial charge in [-0.05, 0) is 13.3 Å². The van der Waals surface area contributed by atoms with Crippen LogP contribution in [-0.2, 0) is 13.5 Å². The third kappa shape index (κ3) is 3.03. The van der Waals surface area contributed by atoms with Gasteiger partial charge in [0, 0.05) is 36.5 Å². The van der Waals surface area contributed by atoms with Crippen LogP contribution >= 0.6 is 0 Å². The van der Waals surface area contributed by atoms with E-state index in [1.165, 1.54) is 0 Å². The minimum Gasteiger partial charge on any atom is -0.363 e. The van der Waals surface area contributed by atoms with Crippen LogP contribution in [0.3, 0.4) is 0 Å². The molecule has 7 nitrogen and oxygen atoms in total. The summed E-state index contributed by atoms with van der Waals surface area (Å²) in [6.45, 7) is 2.65. The van der Waals surface area contributed by atoms with E-state index in [1.807, 2.05) is 49.8 Å². The van der Waals surface area contributed by atoms with Gasteiger partial charge in [-0.25, -0.2) is 9.97 Å². The fourth-order valence-electron chi connectivity index (χ4n) is 3.08. The van der Waals surface area contributed by atoms with Crippen LogP contribution in [0.2, 0.25) is 0 Å². The van der Waals surface area contributed by atoms with Crippen LogP contribution in [-0.4, -0.2) is 32.2 Å². The first-order valence-electron chi connectivity index (χ1n) is 8.61. The summed E-state index contributed by atoms with van der Waals surface area (Å²) in [7, 11) is 1.89. The van der Waals surface area contributed by atoms with Gasteiger partial charge >= 0.3 is 0 Å². The first kappa shape index (κ1) is 16.3. The van der Waals surface area contributed by atoms with Crippen molar-refractivity contribution in [1.82, 2.24) is 25.1 Å². The Bertz CT molecular complexity index is 950. The second kappa shape index (κ2) is 6.59. The second-order valence-corrected chi connectivity index (χ2v) is 6.41. The first-order chi connectivity index (χ1) is 12.6. The number of nitrogens with zero attached hydrogens (tertiary/aromatic N) is 4. The lowest BCUT2D eigenvalue weighted by Crippen LogP contribution is -2.34. The number of aromatic nitrogens is 4. The van der Waals surface area contributed by atoms with E-state index in [9.17, 15) is 4.79 Å². The molecule has 2 N–H and O–H groups in total. The van der Waals surface area contributed by atoms with Gasteiger partial charge < -0.3 is 10.6 Å². The van der Waals surface area contributed by atoms with Gasteiger partial charge in [-0.1, -0.05) is 30.3 Å². The zero-order valence-corrected chi connectivity index (χ0v) is 14.7. The Morgan fingerprint density at radius 1 is 1.23 bits per heavy atom. The molecule has 0 saturated carbocycles. The molecule has 1 aromatic carbocycles. The van der Waals surface area contributed by atoms with Crippen molar-refractivity contribution >= 4 is 11.7 Å². The van der Waals surface area contributed by atoms with Gasteiger partial charge in [0.1, 0.15) is 11.5 Å². The number of amides is 1. The van der Waals surface area contributed by atoms with Crippen LogP contribution in [0.25, 0.3) is 11.4 Å². The molecule has 1 atom stereocenters. The Labute approximate surface area is 151 Å². The number of nitrogens with one attached hydrogen (secondary N) is 2. The Hall–Kier alpha value is -3.22. The highest BCUT2D eigenvalue weighted by Gasteiger charge is 2.25. The second-order valence-electron chi connectivity index (χ2n) is 6.41. The summed E-state index contributed by atoms with van der Waals surface area (Å²) in [6.07, 6.45) is 4.50. The van der Waals surface area contributed by atoms with E-state index in [0.717, 1.165) is 16.7 Å². The molecule has 3 heterocycles. The number of carbonyl (C=O) groups excluding carboxylic acids is 1. The molecule has 7 heteroatoms. The molecule has 1 aliphatic rings. The topological polar surface area (TPSA) is 84.7 Å². The summed E-state index contributed by atoms with van der Waals surface area (Å²) < 4.78 is 1.77. The molecule has 26 heavy (non-hydrogen) atoms. The largest absolute Gasteiger partial charge is 0.363 e. The molecular formula is C19H20N6O. The monoisotopic (exact) mass is 348 g/mol. The number of rotatable bonds is 4. The van der Waals surface area contributed by atoms with Crippen molar-refractivity contribution < 1.29 is 4.79 Å². The highest BCUT2D eigenvalue weighted by atomic mass is 16.1. The van der Waals surface area contributed by atoms with E-state index >= 15 is 0 Å². The molecule has 1 unspecified atom stereocenters. The average Bonchev–Trinajstić information content (AvgIpc) is 3.09. The fourth-order valence-corrected chi connectivity index (χ4v) is 3.08. The van der Waals surface area contributed by atoms with Crippen molar-refractivity contribution in [2.75, 3.05) is 11.9 Å². The zero-order chi connectivity index (χ0) is 18.1. The van der Waals surface area contributed by atoms with E-state index in [-0.39, 0.29) is 11.9 Å². The summed E-state index contributed by atoms with van der Waals surface area (Å²) in [5.74, 6) is 1.10. The van der Waals surface area contributed by atoms with Gasteiger partial charge in [0.25, 0.3) is 5.91 Å². The summed E-state index contributed by atoms with van der Waals surface area (Å²) in [5, 5.41) is 10.5. The number of anilines is 1. The number of hydrogen-bond acceptors (Lipinski definition) is 5. The third-order valence-corrected chi connectivity index (χ3v) is 4.49. The van der Waals surface area contributed by atoms with E-state index in [4.69, 9.17) is 4.98 Å². The molecule has 4 rings (SSSR count). The number of fused-ring (bicyclic) bond motifs is 1. The lowest BCUT2D eigenvalue weighted by Gasteiger charge is -2.22. The Balaban J connectivity index is 1.77. The van der Waals surface area contributed by atoms with Gasteiger partial charge in [0.05, 0.1) is 12.2 Å². The highest BCUT2D eigenvalue weighted by molar-refractivity contribution is 5.96. The van der Waals surface area contributed by atoms with Gasteiger partial charge in [0.15, 0.2) is 5.82 Å². The van der Waals surface area contributed by atoms with Crippen molar-refractivity contribution in [3.63, 3.8) is 0 Å². The SMILES string of the molecule is CC(Nc1nc(-c2ccccc2)nc2c1CCNC2=O)c1cnn(C)c1. The maximum absolute atomic E-state index is 12.3. The maximum atomic E-state index is 12.3. The smallest absolute Gasteiger partial charge is 0.270 e. The quantitative estimate of drug-likeness (QED) is 0.756. The Kier molecular flexibility index (Phi) is 4.12. The lowest BCUT2D eigenvalue weighted by molar-refractivity contribution is 0.0940. The summed E-state index contributed by atoms with van der Waals surface area (Å²) in [6, 6.07) is 9.70. The number of carbonyl (C=O) groups is 1. The molecule has 0 aliphatic carbocycles. The highest BCUT2D eigenvalue weighted by Crippen LogP contribution is 2.27. The fraction of sp³-hybridized carbons (Fsp3) is 0.263. The molecular weight excluding hydrogens is 328 g/mol. The van der Waals surface area contributed by atoms with Crippen LogP contribution in [0.15, 0.2) is 42.7 Å². The molecule has 0 fully saturated rings. The van der Waals surface area contributed by atoms with Crippen molar-refractivity contribution in [3.05, 3.63) is 59.5 Å². The molecule has 2 aromatic heterocycles. The minimum atomic E-state index is -0.150. The van der Waals surface area contributed by atoms with E-state index in [2.05, 4.69) is 27.6 Å². The molecule has 1 amide bonds. The molecule has 132 valence electrons. The minimum absolute atomic E-state index is 0.0105. The molecule has 0 spiro atoms. The van der Waals surface area contributed by atoms with Crippen LogP contribution in [0.5, 0.6) is 0 Å². The van der Waals surface area contributed by atoms with Crippen molar-refractivity contribution in [2.45, 2.75) is 19.4 Å². The number of benzene rings is 1. The molecule has 0 radical (unpaired) electrons. The average molecular weight is 348 g/mol.